The van der Waals surface area contributed by atoms with Gasteiger partial charge in [-0.15, -0.1) is 0 Å². The Morgan fingerprint density at radius 3 is 1.44 bits per heavy atom. The zero-order valence-electron chi connectivity index (χ0n) is 54.1. The van der Waals surface area contributed by atoms with E-state index in [2.05, 4.69) is 27.7 Å². The molecule has 8 saturated heterocycles. The molecule has 32 heteroatoms. The molecule has 0 aromatic rings. The van der Waals surface area contributed by atoms with Gasteiger partial charge >= 0.3 is 0 Å². The largest absolute Gasteiger partial charge is 0.394 e. The van der Waals surface area contributed by atoms with Gasteiger partial charge in [0.2, 0.25) is 0 Å². The van der Waals surface area contributed by atoms with Crippen LogP contribution in [0.1, 0.15) is 98.8 Å². The van der Waals surface area contributed by atoms with Crippen LogP contribution < -0.4 is 0 Å². The van der Waals surface area contributed by atoms with Gasteiger partial charge in [0.1, 0.15) is 140 Å². The summed E-state index contributed by atoms with van der Waals surface area (Å²) < 4.78 is 85.7. The molecule has 12 aliphatic rings. The lowest BCUT2D eigenvalue weighted by Crippen LogP contribution is -2.69. The Morgan fingerprint density at radius 2 is 0.853 bits per heavy atom. The number of fused-ring (bicyclic) bond motifs is 7. The van der Waals surface area contributed by atoms with Crippen LogP contribution in [-0.4, -0.2) is 334 Å². The quantitative estimate of drug-likeness (QED) is 0.0603. The summed E-state index contributed by atoms with van der Waals surface area (Å²) in [5.41, 5.74) is 0.151. The van der Waals surface area contributed by atoms with Gasteiger partial charge in [-0.1, -0.05) is 27.7 Å². The van der Waals surface area contributed by atoms with E-state index in [0.29, 0.717) is 48.3 Å². The lowest BCUT2D eigenvalue weighted by molar-refractivity contribution is -0.414. The van der Waals surface area contributed by atoms with Gasteiger partial charge in [0, 0.05) is 12.3 Å². The van der Waals surface area contributed by atoms with E-state index in [9.17, 15) is 91.9 Å². The van der Waals surface area contributed by atoms with Gasteiger partial charge in [-0.25, -0.2) is 0 Å². The number of aliphatic hydroxyl groups is 18. The minimum absolute atomic E-state index is 0.00916. The Balaban J connectivity index is 0.763. The molecule has 4 saturated carbocycles. The fourth-order valence-electron chi connectivity index (χ4n) is 19.1. The van der Waals surface area contributed by atoms with E-state index in [4.69, 9.17) is 66.3 Å². The third-order valence-electron chi connectivity index (χ3n) is 24.6. The highest BCUT2D eigenvalue weighted by Crippen LogP contribution is 2.71. The molecule has 0 aromatic carbocycles. The summed E-state index contributed by atoms with van der Waals surface area (Å²) in [4.78, 5) is 0. The van der Waals surface area contributed by atoms with E-state index in [1.165, 1.54) is 6.92 Å². The van der Waals surface area contributed by atoms with Crippen LogP contribution in [0.25, 0.3) is 0 Å². The molecule has 18 N–H and O–H groups in total. The van der Waals surface area contributed by atoms with Crippen molar-refractivity contribution in [1.82, 2.24) is 0 Å². The van der Waals surface area contributed by atoms with Gasteiger partial charge in [0.05, 0.1) is 58.0 Å². The zero-order valence-corrected chi connectivity index (χ0v) is 54.1. The molecule has 4 aliphatic carbocycles. The summed E-state index contributed by atoms with van der Waals surface area (Å²) in [6.45, 7) is 6.72. The minimum Gasteiger partial charge on any atom is -0.394 e. The summed E-state index contributed by atoms with van der Waals surface area (Å²) in [6, 6.07) is 0. The molecule has 8 aliphatic heterocycles. The molecule has 32 nitrogen and oxygen atoms in total. The molecular weight excluding hydrogens is 1270 g/mol. The van der Waals surface area contributed by atoms with Crippen molar-refractivity contribution in [3.63, 3.8) is 0 Å². The first-order chi connectivity index (χ1) is 45.1. The van der Waals surface area contributed by atoms with Gasteiger partial charge in [-0.3, -0.25) is 0 Å². The molecule has 0 bridgehead atoms. The summed E-state index contributed by atoms with van der Waals surface area (Å²) >= 11 is 0. The Morgan fingerprint density at radius 1 is 0.379 bits per heavy atom. The summed E-state index contributed by atoms with van der Waals surface area (Å²) in [6.07, 6.45) is -47.8. The SMILES string of the molecule is CC1CCC2(OC1)OC1CC3C4CCC5CC(OC6OC(CO)C(OC7OC(CO)C(O)C(OC8OC(CO)C(OC9OC(C)C(O)C(O)C9O)C(O)C8O)C7OC7OC(CO)C(O)C(OC8OC(CO)C(O)C(O)C8O)C7O)C(O)C6O)CCC5(C)C4CCC3(C)C1C2C. The molecule has 12 rings (SSSR count). The highest BCUT2D eigenvalue weighted by molar-refractivity contribution is 5.16. The molecule has 42 unspecified atom stereocenters. The molecule has 42 atom stereocenters. The van der Waals surface area contributed by atoms with Crippen molar-refractivity contribution in [2.75, 3.05) is 39.6 Å². The van der Waals surface area contributed by atoms with E-state index in [1.54, 1.807) is 0 Å². The smallest absolute Gasteiger partial charge is 0.187 e. The van der Waals surface area contributed by atoms with Crippen LogP contribution >= 0.6 is 0 Å². The van der Waals surface area contributed by atoms with Crippen molar-refractivity contribution >= 4 is 0 Å². The van der Waals surface area contributed by atoms with Crippen molar-refractivity contribution in [1.29, 1.82) is 0 Å². The van der Waals surface area contributed by atoms with Crippen LogP contribution in [0.2, 0.25) is 0 Å². The second-order valence-electron chi connectivity index (χ2n) is 29.9. The van der Waals surface area contributed by atoms with E-state index >= 15 is 0 Å². The molecule has 12 fully saturated rings. The highest BCUT2D eigenvalue weighted by Gasteiger charge is 2.70. The zero-order chi connectivity index (χ0) is 68.2. The normalized spacial score (nSPS) is 57.3. The third-order valence-corrected chi connectivity index (χ3v) is 24.6. The number of ether oxygens (including phenoxy) is 14. The first-order valence-corrected chi connectivity index (χ1v) is 34.2. The minimum atomic E-state index is -2.27. The number of aliphatic hydroxyl groups excluding tert-OH is 18. The molecular formula is C63H104O32. The molecule has 0 radical (unpaired) electrons. The van der Waals surface area contributed by atoms with Crippen LogP contribution in [0.4, 0.5) is 0 Å². The molecule has 1 spiro atoms. The molecule has 0 amide bonds. The van der Waals surface area contributed by atoms with Crippen LogP contribution in [-0.2, 0) is 66.3 Å². The van der Waals surface area contributed by atoms with Crippen LogP contribution in [0.3, 0.4) is 0 Å². The predicted molar refractivity (Wildman–Crippen MR) is 312 cm³/mol. The van der Waals surface area contributed by atoms with Crippen molar-refractivity contribution < 1.29 is 158 Å². The Bertz CT molecular complexity index is 2500. The fourth-order valence-corrected chi connectivity index (χ4v) is 19.1. The van der Waals surface area contributed by atoms with E-state index in [1.807, 2.05) is 0 Å². The van der Waals surface area contributed by atoms with Crippen LogP contribution in [0.5, 0.6) is 0 Å². The van der Waals surface area contributed by atoms with Gasteiger partial charge < -0.3 is 158 Å². The lowest BCUT2D eigenvalue weighted by Gasteiger charge is -2.61. The van der Waals surface area contributed by atoms with Crippen LogP contribution in [0, 0.1) is 52.3 Å². The van der Waals surface area contributed by atoms with E-state index in [-0.39, 0.29) is 22.9 Å². The molecule has 548 valence electrons. The molecule has 0 aromatic heterocycles. The van der Waals surface area contributed by atoms with Crippen molar-refractivity contribution in [2.24, 2.45) is 52.3 Å². The average Bonchev–Trinajstić information content (AvgIpc) is 1.56. The van der Waals surface area contributed by atoms with Gasteiger partial charge in [-0.2, -0.15) is 0 Å². The molecule has 95 heavy (non-hydrogen) atoms. The Kier molecular flexibility index (Phi) is 22.5. The topological polar surface area (TPSA) is 493 Å². The standard InChI is InChI=1S/C63H104O32/c1-22-8-13-63(82-21-22)23(2)36-30(95-63)15-29-27-7-6-25-14-26(9-11-61(25,4)28(27)10-12-62(29,36)5)84-56-47(79)43(75)51(35(20-68)88-56)91-60-54(94-59-49(81)52(39(71)32(17-65)86-59)92-57-46(78)42(74)38(70)31(16-64)85-57)53(40(72)33(18-66)87-60)93-58-48(80)44(76)50(34(19-67)89-58)90-55-45(77)41(73)37(69)24(3)83-55/h22-60,64-81H,6-21H2,1-5H3. The van der Waals surface area contributed by atoms with Gasteiger partial charge in [0.15, 0.2) is 43.5 Å². The predicted octanol–water partition coefficient (Wildman–Crippen LogP) is -6.23. The summed E-state index contributed by atoms with van der Waals surface area (Å²) in [5.74, 6) is 2.60. The Hall–Kier alpha value is -1.28. The van der Waals surface area contributed by atoms with Crippen LogP contribution in [0.15, 0.2) is 0 Å². The summed E-state index contributed by atoms with van der Waals surface area (Å²) in [7, 11) is 0. The first-order valence-electron chi connectivity index (χ1n) is 34.2. The second-order valence-corrected chi connectivity index (χ2v) is 29.9. The second kappa shape index (κ2) is 29.1. The number of hydrogen-bond acceptors (Lipinski definition) is 32. The maximum Gasteiger partial charge on any atom is 0.187 e. The van der Waals surface area contributed by atoms with Crippen molar-refractivity contribution in [3.8, 4) is 0 Å². The lowest BCUT2D eigenvalue weighted by atomic mass is 9.44. The maximum atomic E-state index is 12.2. The first kappa shape index (κ1) is 73.5. The maximum absolute atomic E-state index is 12.2. The third kappa shape index (κ3) is 13.2. The van der Waals surface area contributed by atoms with E-state index < -0.39 is 229 Å². The van der Waals surface area contributed by atoms with Crippen molar-refractivity contribution in [3.05, 3.63) is 0 Å². The average molecular weight is 1370 g/mol. The highest BCUT2D eigenvalue weighted by atomic mass is 16.8. The fraction of sp³-hybridized carbons (Fsp3) is 1.00. The monoisotopic (exact) mass is 1370 g/mol. The Labute approximate surface area is 549 Å². The summed E-state index contributed by atoms with van der Waals surface area (Å²) in [5, 5.41) is 199. The van der Waals surface area contributed by atoms with Crippen molar-refractivity contribution in [2.45, 2.75) is 301 Å². The van der Waals surface area contributed by atoms with E-state index in [0.717, 1.165) is 58.0 Å². The van der Waals surface area contributed by atoms with Gasteiger partial charge in [0.25, 0.3) is 0 Å². The van der Waals surface area contributed by atoms with Gasteiger partial charge in [-0.05, 0) is 111 Å². The number of rotatable bonds is 17. The molecule has 8 heterocycles. The number of hydrogen-bond donors (Lipinski definition) is 18.